The molecule has 0 aromatic rings. The van der Waals surface area contributed by atoms with E-state index in [9.17, 15) is 8.42 Å². The average molecular weight is 374 g/mol. The first-order valence-electron chi connectivity index (χ1n) is 8.76. The van der Waals surface area contributed by atoms with Crippen LogP contribution in [0.4, 0.5) is 0 Å². The van der Waals surface area contributed by atoms with Gasteiger partial charge in [0.2, 0.25) is 0 Å². The summed E-state index contributed by atoms with van der Waals surface area (Å²) in [5.74, 6) is 1.02. The van der Waals surface area contributed by atoms with E-state index in [-0.39, 0.29) is 0 Å². The van der Waals surface area contributed by atoms with Gasteiger partial charge in [0.25, 0.3) is 0 Å². The lowest BCUT2D eigenvalue weighted by atomic mass is 9.89. The quantitative estimate of drug-likeness (QED) is 0.685. The smallest absolute Gasteiger partial charge is 0.367 e. The second-order valence-corrected chi connectivity index (χ2v) is 7.63. The third kappa shape index (κ3) is 3.98. The molecule has 0 radical (unpaired) electrons. The molecule has 3 rings (SSSR count). The van der Waals surface area contributed by atoms with Crippen molar-refractivity contribution in [3.05, 3.63) is 11.9 Å². The Morgan fingerprint density at radius 2 is 2.12 bits per heavy atom. The van der Waals surface area contributed by atoms with Gasteiger partial charge >= 0.3 is 10.4 Å². The van der Waals surface area contributed by atoms with Crippen LogP contribution in [-0.4, -0.2) is 60.2 Å². The van der Waals surface area contributed by atoms with E-state index in [1.165, 1.54) is 0 Å². The third-order valence-electron chi connectivity index (χ3n) is 4.96. The minimum absolute atomic E-state index is 0.309. The SMILES string of the molecule is CCC1(C2=NC(N3CCCC3)=CC(N)N2OS(=O)(=O)O)CCCCO1. The number of rotatable bonds is 5. The summed E-state index contributed by atoms with van der Waals surface area (Å²) < 4.78 is 42.6. The lowest BCUT2D eigenvalue weighted by Crippen LogP contribution is -2.59. The zero-order valence-corrected chi connectivity index (χ0v) is 15.2. The molecule has 2 saturated heterocycles. The molecule has 10 heteroatoms. The average Bonchev–Trinajstić information content (AvgIpc) is 3.10. The van der Waals surface area contributed by atoms with Crippen LogP contribution in [-0.2, 0) is 19.4 Å². The van der Waals surface area contributed by atoms with Crippen LogP contribution in [0.5, 0.6) is 0 Å². The van der Waals surface area contributed by atoms with Crippen molar-refractivity contribution in [2.75, 3.05) is 19.7 Å². The Morgan fingerprint density at radius 1 is 1.40 bits per heavy atom. The summed E-state index contributed by atoms with van der Waals surface area (Å²) in [6.07, 6.45) is 6.08. The monoisotopic (exact) mass is 374 g/mol. The standard InChI is InChI=1S/C15H26N4O5S/c1-2-15(7-3-6-10-23-15)14-17-13(18-8-4-5-9-18)11-12(16)19(14)24-25(20,21)22/h11-12H,2-10,16H2,1H3,(H,20,21,22). The van der Waals surface area contributed by atoms with E-state index in [0.717, 1.165) is 43.8 Å². The van der Waals surface area contributed by atoms with Crippen LogP contribution < -0.4 is 5.73 Å². The first-order chi connectivity index (χ1) is 11.8. The van der Waals surface area contributed by atoms with Crippen molar-refractivity contribution < 1.29 is 22.0 Å². The number of hydroxylamine groups is 2. The molecule has 3 aliphatic heterocycles. The molecule has 2 unspecified atom stereocenters. The van der Waals surface area contributed by atoms with Gasteiger partial charge in [0.1, 0.15) is 17.6 Å². The topological polar surface area (TPSA) is 118 Å². The Hall–Kier alpha value is -1.20. The predicted molar refractivity (Wildman–Crippen MR) is 91.6 cm³/mol. The van der Waals surface area contributed by atoms with Gasteiger partial charge in [-0.1, -0.05) is 6.92 Å². The second kappa shape index (κ2) is 7.20. The Balaban J connectivity index is 2.00. The zero-order valence-electron chi connectivity index (χ0n) is 14.4. The maximum atomic E-state index is 11.3. The van der Waals surface area contributed by atoms with Crippen molar-refractivity contribution in [1.29, 1.82) is 0 Å². The number of amidine groups is 1. The highest BCUT2D eigenvalue weighted by Crippen LogP contribution is 2.35. The molecular weight excluding hydrogens is 348 g/mol. The van der Waals surface area contributed by atoms with Crippen LogP contribution in [0.3, 0.4) is 0 Å². The highest BCUT2D eigenvalue weighted by atomic mass is 32.3. The van der Waals surface area contributed by atoms with Crippen LogP contribution in [0, 0.1) is 0 Å². The summed E-state index contributed by atoms with van der Waals surface area (Å²) in [6.45, 7) is 4.28. The number of nitrogens with zero attached hydrogens (tertiary/aromatic N) is 3. The lowest BCUT2D eigenvalue weighted by Gasteiger charge is -2.43. The van der Waals surface area contributed by atoms with E-state index in [1.807, 2.05) is 6.92 Å². The Morgan fingerprint density at radius 3 is 2.68 bits per heavy atom. The number of ether oxygens (including phenoxy) is 1. The third-order valence-corrected chi connectivity index (χ3v) is 5.31. The van der Waals surface area contributed by atoms with Crippen molar-refractivity contribution in [2.24, 2.45) is 10.7 Å². The predicted octanol–water partition coefficient (Wildman–Crippen LogP) is 1.01. The molecule has 9 nitrogen and oxygen atoms in total. The molecule has 0 amide bonds. The van der Waals surface area contributed by atoms with Gasteiger partial charge in [-0.25, -0.2) is 4.99 Å². The van der Waals surface area contributed by atoms with Gasteiger partial charge in [-0.15, -0.1) is 4.28 Å². The van der Waals surface area contributed by atoms with E-state index >= 15 is 0 Å². The summed E-state index contributed by atoms with van der Waals surface area (Å²) in [6, 6.07) is 0. The van der Waals surface area contributed by atoms with Crippen LogP contribution in [0.1, 0.15) is 45.4 Å². The zero-order chi connectivity index (χ0) is 18.1. The van der Waals surface area contributed by atoms with Crippen molar-refractivity contribution >= 4 is 16.2 Å². The molecule has 3 aliphatic rings. The van der Waals surface area contributed by atoms with Gasteiger partial charge in [0.15, 0.2) is 5.84 Å². The Bertz CT molecular complexity index is 651. The first kappa shape index (κ1) is 18.6. The minimum atomic E-state index is -4.73. The fraction of sp³-hybridized carbons (Fsp3) is 0.800. The van der Waals surface area contributed by atoms with E-state index in [0.29, 0.717) is 31.1 Å². The largest absolute Gasteiger partial charge is 0.418 e. The maximum Gasteiger partial charge on any atom is 0.418 e. The molecule has 2 atom stereocenters. The molecule has 25 heavy (non-hydrogen) atoms. The van der Waals surface area contributed by atoms with Crippen molar-refractivity contribution in [1.82, 2.24) is 9.96 Å². The maximum absolute atomic E-state index is 11.3. The molecule has 0 spiro atoms. The van der Waals surface area contributed by atoms with Gasteiger partial charge in [0, 0.05) is 19.7 Å². The normalized spacial score (nSPS) is 31.1. The summed E-state index contributed by atoms with van der Waals surface area (Å²) >= 11 is 0. The molecule has 3 heterocycles. The Kier molecular flexibility index (Phi) is 5.35. The summed E-state index contributed by atoms with van der Waals surface area (Å²) in [7, 11) is -4.73. The van der Waals surface area contributed by atoms with Gasteiger partial charge in [-0.2, -0.15) is 13.5 Å². The molecule has 0 aromatic carbocycles. The molecule has 0 bridgehead atoms. The van der Waals surface area contributed by atoms with Gasteiger partial charge in [0.05, 0.1) is 0 Å². The molecule has 3 N–H and O–H groups in total. The summed E-state index contributed by atoms with van der Waals surface area (Å²) in [4.78, 5) is 6.79. The number of nitrogens with two attached hydrogens (primary N) is 1. The van der Waals surface area contributed by atoms with Crippen LogP contribution in [0.15, 0.2) is 16.9 Å². The van der Waals surface area contributed by atoms with E-state index in [4.69, 9.17) is 19.3 Å². The van der Waals surface area contributed by atoms with Crippen LogP contribution >= 0.6 is 0 Å². The summed E-state index contributed by atoms with van der Waals surface area (Å²) in [5.41, 5.74) is 5.36. The summed E-state index contributed by atoms with van der Waals surface area (Å²) in [5, 5.41) is 0.962. The van der Waals surface area contributed by atoms with Crippen molar-refractivity contribution in [3.63, 3.8) is 0 Å². The Labute approximate surface area is 148 Å². The highest BCUT2D eigenvalue weighted by molar-refractivity contribution is 7.80. The van der Waals surface area contributed by atoms with E-state index in [1.54, 1.807) is 6.08 Å². The number of aliphatic imine (C=N–C) groups is 1. The van der Waals surface area contributed by atoms with Crippen molar-refractivity contribution in [3.8, 4) is 0 Å². The number of hydrogen-bond donors (Lipinski definition) is 2. The number of likely N-dealkylation sites (tertiary alicyclic amines) is 1. The van der Waals surface area contributed by atoms with Gasteiger partial charge < -0.3 is 15.4 Å². The minimum Gasteiger partial charge on any atom is -0.367 e. The van der Waals surface area contributed by atoms with E-state index < -0.39 is 22.2 Å². The first-order valence-corrected chi connectivity index (χ1v) is 10.1. The van der Waals surface area contributed by atoms with Crippen molar-refractivity contribution in [2.45, 2.75) is 57.2 Å². The fourth-order valence-electron chi connectivity index (χ4n) is 3.63. The number of hydrogen-bond acceptors (Lipinski definition) is 8. The second-order valence-electron chi connectivity index (χ2n) is 6.63. The van der Waals surface area contributed by atoms with Crippen LogP contribution in [0.2, 0.25) is 0 Å². The molecule has 0 aliphatic carbocycles. The molecule has 0 aromatic heterocycles. The molecular formula is C15H26N4O5S. The fourth-order valence-corrected chi connectivity index (χ4v) is 4.01. The van der Waals surface area contributed by atoms with Crippen LogP contribution in [0.25, 0.3) is 0 Å². The molecule has 0 saturated carbocycles. The van der Waals surface area contributed by atoms with Gasteiger partial charge in [-0.3, -0.25) is 4.55 Å². The van der Waals surface area contributed by atoms with E-state index in [2.05, 4.69) is 9.89 Å². The van der Waals surface area contributed by atoms with Gasteiger partial charge in [-0.05, 0) is 44.6 Å². The highest BCUT2D eigenvalue weighted by Gasteiger charge is 2.45. The molecule has 142 valence electrons. The molecule has 2 fully saturated rings. The lowest BCUT2D eigenvalue weighted by molar-refractivity contribution is -0.0767.